The van der Waals surface area contributed by atoms with Crippen LogP contribution in [0.25, 0.3) is 0 Å². The fourth-order valence-electron chi connectivity index (χ4n) is 1.45. The molecule has 0 saturated heterocycles. The lowest BCUT2D eigenvalue weighted by Gasteiger charge is -2.08. The summed E-state index contributed by atoms with van der Waals surface area (Å²) in [4.78, 5) is 11.9. The zero-order chi connectivity index (χ0) is 14.0. The molecule has 0 aromatic heterocycles. The van der Waals surface area contributed by atoms with Crippen LogP contribution in [0.15, 0.2) is 36.4 Å². The first-order valence-electron chi connectivity index (χ1n) is 5.19. The van der Waals surface area contributed by atoms with Crippen LogP contribution >= 0.6 is 23.2 Å². The van der Waals surface area contributed by atoms with E-state index in [9.17, 15) is 13.6 Å². The molecule has 0 spiro atoms. The van der Waals surface area contributed by atoms with Gasteiger partial charge in [-0.2, -0.15) is 0 Å². The molecule has 6 heteroatoms. The normalized spacial score (nSPS) is 10.3. The second-order valence-electron chi connectivity index (χ2n) is 3.70. The van der Waals surface area contributed by atoms with E-state index in [1.807, 2.05) is 0 Å². The monoisotopic (exact) mass is 301 g/mol. The molecule has 0 heterocycles. The second kappa shape index (κ2) is 5.55. The van der Waals surface area contributed by atoms with E-state index in [4.69, 9.17) is 23.2 Å². The Labute approximate surface area is 118 Å². The predicted molar refractivity (Wildman–Crippen MR) is 70.8 cm³/mol. The number of amides is 1. The van der Waals surface area contributed by atoms with Crippen LogP contribution in [0, 0.1) is 11.6 Å². The lowest BCUT2D eigenvalue weighted by atomic mass is 10.2. The number of carbonyl (C=O) groups is 1. The van der Waals surface area contributed by atoms with Crippen LogP contribution in [0.4, 0.5) is 14.5 Å². The van der Waals surface area contributed by atoms with E-state index in [-0.39, 0.29) is 21.3 Å². The molecule has 1 N–H and O–H groups in total. The van der Waals surface area contributed by atoms with E-state index in [1.165, 1.54) is 18.2 Å². The summed E-state index contributed by atoms with van der Waals surface area (Å²) in [6.07, 6.45) is 0. The van der Waals surface area contributed by atoms with Crippen molar-refractivity contribution in [3.8, 4) is 0 Å². The maximum absolute atomic E-state index is 13.5. The summed E-state index contributed by atoms with van der Waals surface area (Å²) in [5.74, 6) is -1.86. The highest BCUT2D eigenvalue weighted by atomic mass is 35.5. The highest BCUT2D eigenvalue weighted by Crippen LogP contribution is 2.22. The first-order chi connectivity index (χ1) is 8.97. The van der Waals surface area contributed by atoms with Crippen LogP contribution in [-0.2, 0) is 0 Å². The molecule has 0 aliphatic heterocycles. The van der Waals surface area contributed by atoms with E-state index in [0.717, 1.165) is 18.2 Å². The quantitative estimate of drug-likeness (QED) is 0.868. The van der Waals surface area contributed by atoms with Crippen molar-refractivity contribution < 1.29 is 13.6 Å². The summed E-state index contributed by atoms with van der Waals surface area (Å²) in [7, 11) is 0. The van der Waals surface area contributed by atoms with Gasteiger partial charge in [-0.15, -0.1) is 0 Å². The van der Waals surface area contributed by atoms with Crippen LogP contribution in [0.3, 0.4) is 0 Å². The summed E-state index contributed by atoms with van der Waals surface area (Å²) in [5, 5.41) is 2.50. The molecule has 0 atom stereocenters. The Morgan fingerprint density at radius 1 is 1.05 bits per heavy atom. The molecule has 0 bridgehead atoms. The molecular formula is C13H7Cl2F2NO. The summed E-state index contributed by atoms with van der Waals surface area (Å²) in [6, 6.07) is 7.16. The SMILES string of the molecule is O=C(Nc1ccc(Cl)cc1F)c1ccc(F)cc1Cl. The molecule has 0 saturated carbocycles. The number of nitrogens with one attached hydrogen (secondary N) is 1. The van der Waals surface area contributed by atoms with Gasteiger partial charge in [0.25, 0.3) is 5.91 Å². The lowest BCUT2D eigenvalue weighted by molar-refractivity contribution is 0.102. The van der Waals surface area contributed by atoms with Crippen molar-refractivity contribution in [1.82, 2.24) is 0 Å². The molecule has 2 aromatic carbocycles. The van der Waals surface area contributed by atoms with Crippen molar-refractivity contribution in [3.05, 3.63) is 63.6 Å². The Morgan fingerprint density at radius 3 is 2.42 bits per heavy atom. The van der Waals surface area contributed by atoms with Gasteiger partial charge in [0.2, 0.25) is 0 Å². The number of benzene rings is 2. The van der Waals surface area contributed by atoms with E-state index < -0.39 is 17.5 Å². The minimum atomic E-state index is -0.668. The van der Waals surface area contributed by atoms with Gasteiger partial charge in [-0.05, 0) is 36.4 Å². The lowest BCUT2D eigenvalue weighted by Crippen LogP contribution is -2.13. The minimum absolute atomic E-state index is 0.0326. The molecule has 2 rings (SSSR count). The average molecular weight is 302 g/mol. The Balaban J connectivity index is 2.25. The smallest absolute Gasteiger partial charge is 0.257 e. The first kappa shape index (κ1) is 13.8. The van der Waals surface area contributed by atoms with Crippen LogP contribution in [0.1, 0.15) is 10.4 Å². The van der Waals surface area contributed by atoms with Gasteiger partial charge in [-0.3, -0.25) is 4.79 Å². The molecule has 0 fully saturated rings. The summed E-state index contributed by atoms with van der Waals surface area (Å²) < 4.78 is 26.4. The highest BCUT2D eigenvalue weighted by molar-refractivity contribution is 6.34. The van der Waals surface area contributed by atoms with E-state index in [1.54, 1.807) is 0 Å². The van der Waals surface area contributed by atoms with Gasteiger partial charge < -0.3 is 5.32 Å². The van der Waals surface area contributed by atoms with Crippen molar-refractivity contribution in [2.24, 2.45) is 0 Å². The number of anilines is 1. The maximum Gasteiger partial charge on any atom is 0.257 e. The standard InChI is InChI=1S/C13H7Cl2F2NO/c14-7-1-4-12(11(17)5-7)18-13(19)9-3-2-8(16)6-10(9)15/h1-6H,(H,18,19). The Morgan fingerprint density at radius 2 is 1.79 bits per heavy atom. The molecule has 19 heavy (non-hydrogen) atoms. The van der Waals surface area contributed by atoms with Gasteiger partial charge >= 0.3 is 0 Å². The topological polar surface area (TPSA) is 29.1 Å². The number of carbonyl (C=O) groups excluding carboxylic acids is 1. The fraction of sp³-hybridized carbons (Fsp3) is 0. The summed E-state index contributed by atoms with van der Waals surface area (Å²) >= 11 is 11.3. The molecule has 1 amide bonds. The Hall–Kier alpha value is -1.65. The first-order valence-corrected chi connectivity index (χ1v) is 5.94. The van der Waals surface area contributed by atoms with Crippen molar-refractivity contribution in [2.75, 3.05) is 5.32 Å². The van der Waals surface area contributed by atoms with E-state index in [2.05, 4.69) is 5.32 Å². The van der Waals surface area contributed by atoms with Gasteiger partial charge in [0.1, 0.15) is 11.6 Å². The summed E-state index contributed by atoms with van der Waals surface area (Å²) in [6.45, 7) is 0. The van der Waals surface area contributed by atoms with E-state index >= 15 is 0 Å². The molecular weight excluding hydrogens is 295 g/mol. The molecule has 0 unspecified atom stereocenters. The predicted octanol–water partition coefficient (Wildman–Crippen LogP) is 4.52. The van der Waals surface area contributed by atoms with Crippen molar-refractivity contribution >= 4 is 34.8 Å². The molecule has 0 radical (unpaired) electrons. The highest BCUT2D eigenvalue weighted by Gasteiger charge is 2.13. The van der Waals surface area contributed by atoms with Crippen LogP contribution in [0.2, 0.25) is 10.0 Å². The Kier molecular flexibility index (Phi) is 4.02. The van der Waals surface area contributed by atoms with Gasteiger partial charge in [-0.1, -0.05) is 23.2 Å². The molecule has 2 aromatic rings. The number of rotatable bonds is 2. The Bertz CT molecular complexity index is 647. The van der Waals surface area contributed by atoms with Crippen molar-refractivity contribution in [1.29, 1.82) is 0 Å². The molecule has 0 aliphatic rings. The third-order valence-corrected chi connectivity index (χ3v) is 2.90. The van der Waals surface area contributed by atoms with Gasteiger partial charge in [-0.25, -0.2) is 8.78 Å². The third-order valence-electron chi connectivity index (χ3n) is 2.36. The fourth-order valence-corrected chi connectivity index (χ4v) is 1.87. The second-order valence-corrected chi connectivity index (χ2v) is 4.55. The minimum Gasteiger partial charge on any atom is -0.319 e. The van der Waals surface area contributed by atoms with Crippen LogP contribution in [0.5, 0.6) is 0 Å². The van der Waals surface area contributed by atoms with E-state index in [0.29, 0.717) is 0 Å². The summed E-state index contributed by atoms with van der Waals surface area (Å²) in [5.41, 5.74) is 0.0206. The van der Waals surface area contributed by atoms with Gasteiger partial charge in [0, 0.05) is 5.02 Å². The zero-order valence-corrected chi connectivity index (χ0v) is 10.9. The van der Waals surface area contributed by atoms with Crippen molar-refractivity contribution in [2.45, 2.75) is 0 Å². The van der Waals surface area contributed by atoms with Crippen LogP contribution < -0.4 is 5.32 Å². The molecule has 0 aliphatic carbocycles. The third kappa shape index (κ3) is 3.22. The maximum atomic E-state index is 13.5. The number of hydrogen-bond acceptors (Lipinski definition) is 1. The van der Waals surface area contributed by atoms with Crippen LogP contribution in [-0.4, -0.2) is 5.91 Å². The van der Waals surface area contributed by atoms with Crippen molar-refractivity contribution in [3.63, 3.8) is 0 Å². The average Bonchev–Trinajstić information content (AvgIpc) is 2.32. The van der Waals surface area contributed by atoms with Gasteiger partial charge in [0.05, 0.1) is 16.3 Å². The number of hydrogen-bond donors (Lipinski definition) is 1. The number of halogens is 4. The molecule has 98 valence electrons. The zero-order valence-electron chi connectivity index (χ0n) is 9.38. The molecule has 2 nitrogen and oxygen atoms in total. The largest absolute Gasteiger partial charge is 0.319 e. The van der Waals surface area contributed by atoms with Gasteiger partial charge in [0.15, 0.2) is 0 Å².